The van der Waals surface area contributed by atoms with Gasteiger partial charge in [0.25, 0.3) is 5.91 Å². The number of amides is 3. The monoisotopic (exact) mass is 750 g/mol. The zero-order chi connectivity index (χ0) is 36.9. The van der Waals surface area contributed by atoms with Crippen LogP contribution in [0.3, 0.4) is 0 Å². The lowest BCUT2D eigenvalue weighted by atomic mass is 9.93. The second-order valence-electron chi connectivity index (χ2n) is 16.4. The van der Waals surface area contributed by atoms with E-state index < -0.39 is 50.3 Å². The minimum atomic E-state index is -3.92. The average molecular weight is 751 g/mol. The van der Waals surface area contributed by atoms with Crippen molar-refractivity contribution in [2.24, 2.45) is 5.92 Å². The topological polar surface area (TPSA) is 160 Å². The molecule has 2 aliphatic heterocycles. The Bertz CT molecular complexity index is 1950. The molecule has 2 saturated heterocycles. The molecule has 12 nitrogen and oxygen atoms in total. The maximum atomic E-state index is 14.7. The van der Waals surface area contributed by atoms with Gasteiger partial charge >= 0.3 is 0 Å². The zero-order valence-corrected chi connectivity index (χ0v) is 32.1. The smallest absolute Gasteiger partial charge is 0.259 e. The summed E-state index contributed by atoms with van der Waals surface area (Å²) in [6.45, 7) is 8.06. The molecule has 4 aliphatic rings. The van der Waals surface area contributed by atoms with Crippen LogP contribution >= 0.6 is 11.3 Å². The van der Waals surface area contributed by atoms with E-state index in [0.29, 0.717) is 43.1 Å². The highest BCUT2D eigenvalue weighted by atomic mass is 32.2. The van der Waals surface area contributed by atoms with Crippen LogP contribution in [-0.4, -0.2) is 76.0 Å². The molecule has 5 atom stereocenters. The van der Waals surface area contributed by atoms with E-state index in [1.807, 2.05) is 35.7 Å². The predicted octanol–water partition coefficient (Wildman–Crippen LogP) is 5.44. The van der Waals surface area contributed by atoms with Crippen LogP contribution in [0.5, 0.6) is 5.88 Å². The highest BCUT2D eigenvalue weighted by Gasteiger charge is 2.63. The number of fused-ring (bicyclic) bond motifs is 3. The van der Waals surface area contributed by atoms with Gasteiger partial charge in [-0.25, -0.2) is 18.4 Å². The van der Waals surface area contributed by atoms with Gasteiger partial charge in [0.15, 0.2) is 5.13 Å². The second-order valence-corrected chi connectivity index (χ2v) is 19.5. The second kappa shape index (κ2) is 13.9. The zero-order valence-electron chi connectivity index (χ0n) is 30.4. The summed E-state index contributed by atoms with van der Waals surface area (Å²) in [5, 5.41) is 10.9. The van der Waals surface area contributed by atoms with Crippen LogP contribution in [0.15, 0.2) is 41.9 Å². The molecule has 2 aromatic heterocycles. The molecule has 14 heteroatoms. The van der Waals surface area contributed by atoms with Gasteiger partial charge < -0.3 is 20.3 Å². The minimum absolute atomic E-state index is 0.139. The molecule has 52 heavy (non-hydrogen) atoms. The Morgan fingerprint density at radius 1 is 1.06 bits per heavy atom. The van der Waals surface area contributed by atoms with Crippen molar-refractivity contribution in [3.05, 3.63) is 47.6 Å². The van der Waals surface area contributed by atoms with E-state index in [9.17, 15) is 22.8 Å². The van der Waals surface area contributed by atoms with E-state index in [0.717, 1.165) is 48.6 Å². The summed E-state index contributed by atoms with van der Waals surface area (Å²) in [6.07, 6.45) is 8.41. The predicted molar refractivity (Wildman–Crippen MR) is 201 cm³/mol. The first-order chi connectivity index (χ1) is 24.7. The van der Waals surface area contributed by atoms with Crippen molar-refractivity contribution in [3.63, 3.8) is 0 Å². The number of nitrogens with zero attached hydrogens (tertiary/aromatic N) is 3. The third-order valence-corrected chi connectivity index (χ3v) is 14.3. The van der Waals surface area contributed by atoms with Crippen LogP contribution in [0.1, 0.15) is 104 Å². The Morgan fingerprint density at radius 3 is 2.52 bits per heavy atom. The maximum Gasteiger partial charge on any atom is 0.259 e. The van der Waals surface area contributed by atoms with Gasteiger partial charge in [-0.05, 0) is 62.5 Å². The Kier molecular flexibility index (Phi) is 9.77. The number of anilines is 1. The summed E-state index contributed by atoms with van der Waals surface area (Å²) in [6, 6.07) is 8.06. The number of nitrogens with one attached hydrogen (secondary N) is 3. The highest BCUT2D eigenvalue weighted by Crippen LogP contribution is 2.49. The molecule has 0 radical (unpaired) electrons. The number of benzene rings is 1. The number of thiazole rings is 1. The fourth-order valence-electron chi connectivity index (χ4n) is 7.53. The van der Waals surface area contributed by atoms with E-state index in [1.54, 1.807) is 18.0 Å². The van der Waals surface area contributed by atoms with Crippen LogP contribution < -0.4 is 20.1 Å². The summed E-state index contributed by atoms with van der Waals surface area (Å²) in [5.74, 6) is -1.20. The van der Waals surface area contributed by atoms with Gasteiger partial charge in [-0.1, -0.05) is 71.1 Å². The van der Waals surface area contributed by atoms with Crippen molar-refractivity contribution in [1.82, 2.24) is 24.9 Å². The van der Waals surface area contributed by atoms with Crippen molar-refractivity contribution >= 4 is 55.0 Å². The van der Waals surface area contributed by atoms with Crippen LogP contribution in [0.2, 0.25) is 0 Å². The molecule has 2 aliphatic carbocycles. The van der Waals surface area contributed by atoms with Gasteiger partial charge in [-0.15, -0.1) is 11.3 Å². The molecular weight excluding hydrogens is 701 g/mol. The Hall–Kier alpha value is -3.78. The Labute approximate surface area is 309 Å². The number of pyridine rings is 1. The number of aromatic nitrogens is 2. The lowest BCUT2D eigenvalue weighted by Gasteiger charge is -2.30. The van der Waals surface area contributed by atoms with Crippen molar-refractivity contribution < 1.29 is 27.5 Å². The lowest BCUT2D eigenvalue weighted by Crippen LogP contribution is -2.58. The molecule has 3 N–H and O–H groups in total. The van der Waals surface area contributed by atoms with Gasteiger partial charge in [0.05, 0.1) is 17.0 Å². The van der Waals surface area contributed by atoms with Gasteiger partial charge in [0, 0.05) is 28.8 Å². The molecule has 4 fully saturated rings. The minimum Gasteiger partial charge on any atom is -0.472 e. The van der Waals surface area contributed by atoms with Crippen LogP contribution in [0.25, 0.3) is 10.8 Å². The molecule has 4 heterocycles. The quantitative estimate of drug-likeness (QED) is 0.286. The van der Waals surface area contributed by atoms with Crippen molar-refractivity contribution in [3.8, 4) is 5.88 Å². The summed E-state index contributed by atoms with van der Waals surface area (Å²) >= 11 is 1.46. The van der Waals surface area contributed by atoms with Gasteiger partial charge in [-0.2, -0.15) is 0 Å². The van der Waals surface area contributed by atoms with E-state index in [2.05, 4.69) is 41.1 Å². The molecule has 0 unspecified atom stereocenters. The Morgan fingerprint density at radius 2 is 1.79 bits per heavy atom. The molecule has 0 spiro atoms. The third kappa shape index (κ3) is 7.37. The van der Waals surface area contributed by atoms with E-state index in [4.69, 9.17) is 9.72 Å². The first-order valence-electron chi connectivity index (χ1n) is 18.6. The third-order valence-electron chi connectivity index (χ3n) is 11.4. The fraction of sp³-hybridized carbons (Fsp3) is 0.605. The number of rotatable bonds is 7. The van der Waals surface area contributed by atoms with Crippen LogP contribution in [0.4, 0.5) is 5.13 Å². The van der Waals surface area contributed by atoms with Crippen molar-refractivity contribution in [2.75, 3.05) is 11.9 Å². The van der Waals surface area contributed by atoms with Crippen LogP contribution in [0, 0.1) is 5.92 Å². The van der Waals surface area contributed by atoms with E-state index in [1.165, 1.54) is 11.3 Å². The number of sulfonamides is 1. The van der Waals surface area contributed by atoms with Crippen LogP contribution in [-0.2, 0) is 29.8 Å². The number of carbonyl (C=O) groups is 3. The first kappa shape index (κ1) is 36.6. The molecule has 7 rings (SSSR count). The van der Waals surface area contributed by atoms with Gasteiger partial charge in [0.2, 0.25) is 27.7 Å². The van der Waals surface area contributed by atoms with Gasteiger partial charge in [-0.3, -0.25) is 19.1 Å². The molecule has 1 aromatic carbocycles. The maximum absolute atomic E-state index is 14.7. The molecular formula is C38H50N6O6S2. The van der Waals surface area contributed by atoms with E-state index >= 15 is 0 Å². The molecule has 0 bridgehead atoms. The summed E-state index contributed by atoms with van der Waals surface area (Å²) in [4.78, 5) is 53.9. The fourth-order valence-corrected chi connectivity index (χ4v) is 9.83. The largest absolute Gasteiger partial charge is 0.472 e. The standard InChI is InChI=1S/C38H50N6O6S2/c1-36(2,3)30-23-51-35(41-30)40-28-15-9-7-5-6-8-13-25-21-38(25,34(47)43-52(48,49)37(4)17-18-37)42-31(45)29-20-26(22-44(29)33(28)46)50-32-27-14-11-10-12-24(27)16-19-39-32/h10-12,14,16,19,23,25-26,28-29H,5-9,13,15,17-18,20-22H2,1-4H3,(H,40,41)(H,42,45)(H,43,47)/t25-,26-,28+,29+,38-/m1/s1. The highest BCUT2D eigenvalue weighted by molar-refractivity contribution is 7.91. The molecule has 280 valence electrons. The first-order valence-corrected chi connectivity index (χ1v) is 21.0. The van der Waals surface area contributed by atoms with Crippen molar-refractivity contribution in [2.45, 2.75) is 132 Å². The molecule has 3 amide bonds. The number of hydrogen-bond acceptors (Lipinski definition) is 10. The molecule has 3 aromatic rings. The Balaban J connectivity index is 1.19. The summed E-state index contributed by atoms with van der Waals surface area (Å²) in [5.41, 5.74) is -0.582. The summed E-state index contributed by atoms with van der Waals surface area (Å²) in [7, 11) is -3.92. The summed E-state index contributed by atoms with van der Waals surface area (Å²) < 4.78 is 34.1. The molecule has 2 saturated carbocycles. The average Bonchev–Trinajstić information content (AvgIpc) is 3.88. The van der Waals surface area contributed by atoms with Gasteiger partial charge in [0.1, 0.15) is 23.7 Å². The van der Waals surface area contributed by atoms with Crippen molar-refractivity contribution in [1.29, 1.82) is 0 Å². The number of carbonyl (C=O) groups excluding carboxylic acids is 3. The normalized spacial score (nSPS) is 28.1. The number of ether oxygens (including phenoxy) is 1. The number of hydrogen-bond donors (Lipinski definition) is 3. The SMILES string of the molecule is CC(C)(C)c1csc(N[C@H]2CCCCCCC[C@@H]3C[C@@]3(C(=O)NS(=O)(=O)C3(C)CC3)NC(=O)[C@@H]3C[C@@H](Oc4nccc5ccccc45)CN3C2=O)n1. The van der Waals surface area contributed by atoms with E-state index in [-0.39, 0.29) is 30.2 Å². The lowest BCUT2D eigenvalue weighted by molar-refractivity contribution is -0.140.